The number of rotatable bonds is 3. The first-order chi connectivity index (χ1) is 11.3. The monoisotopic (exact) mass is 352 g/mol. The zero-order valence-corrected chi connectivity index (χ0v) is 14.0. The Hall–Kier alpha value is -2.26. The van der Waals surface area contributed by atoms with Crippen LogP contribution < -0.4 is 5.32 Å². The number of carbonyl (C=O) groups excluding carboxylic acids is 1. The molecule has 0 fully saturated rings. The number of hydrogen-bond acceptors (Lipinski definition) is 4. The van der Waals surface area contributed by atoms with Gasteiger partial charge >= 0.3 is 0 Å². The van der Waals surface area contributed by atoms with Gasteiger partial charge in [-0.05, 0) is 24.3 Å². The maximum Gasteiger partial charge on any atom is 0.243 e. The summed E-state index contributed by atoms with van der Waals surface area (Å²) in [4.78, 5) is 12.2. The van der Waals surface area contributed by atoms with Crippen molar-refractivity contribution in [2.75, 3.05) is 13.6 Å². The Bertz CT molecular complexity index is 877. The molecule has 24 heavy (non-hydrogen) atoms. The number of hydrogen-bond donors (Lipinski definition) is 1. The van der Waals surface area contributed by atoms with Gasteiger partial charge in [-0.25, -0.2) is 12.8 Å². The van der Waals surface area contributed by atoms with E-state index in [-0.39, 0.29) is 23.9 Å². The lowest BCUT2D eigenvalue weighted by atomic mass is 9.97. The van der Waals surface area contributed by atoms with E-state index in [4.69, 9.17) is 0 Å². The van der Waals surface area contributed by atoms with Crippen LogP contribution in [0.15, 0.2) is 35.4 Å². The lowest BCUT2D eigenvalue weighted by Crippen LogP contribution is -2.42. The summed E-state index contributed by atoms with van der Waals surface area (Å²) in [7, 11) is -0.619. The number of nitrogens with zero attached hydrogens (tertiary/aromatic N) is 3. The van der Waals surface area contributed by atoms with Crippen LogP contribution in [-0.4, -0.2) is 42.0 Å². The second kappa shape index (κ2) is 5.99. The molecule has 0 saturated heterocycles. The van der Waals surface area contributed by atoms with Gasteiger partial charge in [0.25, 0.3) is 0 Å². The Morgan fingerprint density at radius 2 is 2.00 bits per heavy atom. The van der Waals surface area contributed by atoms with E-state index in [0.717, 1.165) is 12.1 Å². The minimum absolute atomic E-state index is 0.00750. The number of nitrogens with one attached hydrogen (secondary N) is 1. The number of halogens is 1. The van der Waals surface area contributed by atoms with Gasteiger partial charge in [0.05, 0.1) is 16.5 Å². The predicted molar refractivity (Wildman–Crippen MR) is 84.0 cm³/mol. The van der Waals surface area contributed by atoms with Gasteiger partial charge in [-0.2, -0.15) is 9.40 Å². The van der Waals surface area contributed by atoms with Crippen molar-refractivity contribution in [2.45, 2.75) is 17.4 Å². The highest BCUT2D eigenvalue weighted by Crippen LogP contribution is 2.31. The van der Waals surface area contributed by atoms with Crippen LogP contribution in [0.1, 0.15) is 17.2 Å². The first-order valence-electron chi connectivity index (χ1n) is 7.32. The first kappa shape index (κ1) is 16.6. The second-order valence-electron chi connectivity index (χ2n) is 5.63. The molecule has 1 aliphatic rings. The molecule has 0 aliphatic carbocycles. The third-order valence-electron chi connectivity index (χ3n) is 4.01. The SMILES string of the molecule is CNC(=O)C1CN(S(=O)(=O)c2ccc(F)cc2)Cc2cn(C)nc21. The van der Waals surface area contributed by atoms with Crippen molar-refractivity contribution in [3.63, 3.8) is 0 Å². The molecule has 1 amide bonds. The van der Waals surface area contributed by atoms with Gasteiger partial charge in [0, 0.05) is 38.9 Å². The Morgan fingerprint density at radius 1 is 1.33 bits per heavy atom. The van der Waals surface area contributed by atoms with Gasteiger partial charge in [-0.1, -0.05) is 0 Å². The van der Waals surface area contributed by atoms with Gasteiger partial charge in [-0.3, -0.25) is 9.48 Å². The number of carbonyl (C=O) groups is 1. The zero-order valence-electron chi connectivity index (χ0n) is 13.2. The molecule has 2 aromatic rings. The summed E-state index contributed by atoms with van der Waals surface area (Å²) in [6, 6.07) is 4.64. The number of aromatic nitrogens is 2. The van der Waals surface area contributed by atoms with Crippen molar-refractivity contribution in [2.24, 2.45) is 7.05 Å². The molecule has 1 unspecified atom stereocenters. The molecule has 0 spiro atoms. The number of fused-ring (bicyclic) bond motifs is 1. The van der Waals surface area contributed by atoms with E-state index in [1.807, 2.05) is 0 Å². The molecule has 2 heterocycles. The summed E-state index contributed by atoms with van der Waals surface area (Å²) in [5, 5.41) is 6.83. The molecular formula is C15H17FN4O3S. The lowest BCUT2D eigenvalue weighted by Gasteiger charge is -2.30. The maximum atomic E-state index is 13.1. The number of benzene rings is 1. The number of likely N-dealkylation sites (N-methyl/N-ethyl adjacent to an activating group) is 1. The predicted octanol–water partition coefficient (Wildman–Crippen LogP) is 0.593. The molecule has 7 nitrogen and oxygen atoms in total. The van der Waals surface area contributed by atoms with Crippen LogP contribution in [0, 0.1) is 5.82 Å². The fourth-order valence-electron chi connectivity index (χ4n) is 2.83. The van der Waals surface area contributed by atoms with E-state index >= 15 is 0 Å². The smallest absolute Gasteiger partial charge is 0.243 e. The summed E-state index contributed by atoms with van der Waals surface area (Å²) in [6.45, 7) is 0.111. The molecule has 128 valence electrons. The van der Waals surface area contributed by atoms with E-state index in [1.54, 1.807) is 17.9 Å². The van der Waals surface area contributed by atoms with Crippen molar-refractivity contribution in [1.82, 2.24) is 19.4 Å². The Labute approximate surface area is 139 Å². The molecule has 1 atom stereocenters. The topological polar surface area (TPSA) is 84.3 Å². The molecule has 0 saturated carbocycles. The summed E-state index contributed by atoms with van der Waals surface area (Å²) >= 11 is 0. The molecule has 0 radical (unpaired) electrons. The van der Waals surface area contributed by atoms with Crippen molar-refractivity contribution < 1.29 is 17.6 Å². The summed E-state index contributed by atoms with van der Waals surface area (Å²) in [6.07, 6.45) is 1.71. The summed E-state index contributed by atoms with van der Waals surface area (Å²) in [5.74, 6) is -1.49. The average molecular weight is 352 g/mol. The van der Waals surface area contributed by atoms with E-state index in [0.29, 0.717) is 11.3 Å². The second-order valence-corrected chi connectivity index (χ2v) is 7.57. The minimum Gasteiger partial charge on any atom is -0.359 e. The third-order valence-corrected chi connectivity index (χ3v) is 5.84. The van der Waals surface area contributed by atoms with E-state index in [1.165, 1.54) is 23.5 Å². The van der Waals surface area contributed by atoms with Crippen LogP contribution in [0.2, 0.25) is 0 Å². The van der Waals surface area contributed by atoms with Gasteiger partial charge < -0.3 is 5.32 Å². The van der Waals surface area contributed by atoms with E-state index in [9.17, 15) is 17.6 Å². The molecule has 0 bridgehead atoms. The zero-order chi connectivity index (χ0) is 17.5. The quantitative estimate of drug-likeness (QED) is 0.876. The first-order valence-corrected chi connectivity index (χ1v) is 8.76. The average Bonchev–Trinajstić information content (AvgIpc) is 2.93. The maximum absolute atomic E-state index is 13.1. The number of amides is 1. The Balaban J connectivity index is 2.00. The normalized spacial score (nSPS) is 18.2. The molecule has 1 aromatic heterocycles. The Morgan fingerprint density at radius 3 is 2.62 bits per heavy atom. The lowest BCUT2D eigenvalue weighted by molar-refractivity contribution is -0.122. The van der Waals surface area contributed by atoms with Crippen LogP contribution in [-0.2, 0) is 28.4 Å². The standard InChI is InChI=1S/C15H17FN4O3S/c1-17-15(21)13-9-20(8-10-7-19(2)18-14(10)13)24(22,23)12-5-3-11(16)4-6-12/h3-7,13H,8-9H2,1-2H3,(H,17,21). The molecule has 9 heteroatoms. The van der Waals surface area contributed by atoms with Crippen molar-refractivity contribution in [3.8, 4) is 0 Å². The van der Waals surface area contributed by atoms with Crippen LogP contribution in [0.5, 0.6) is 0 Å². The van der Waals surface area contributed by atoms with E-state index < -0.39 is 21.8 Å². The molecule has 1 aliphatic heterocycles. The highest BCUT2D eigenvalue weighted by atomic mass is 32.2. The largest absolute Gasteiger partial charge is 0.359 e. The van der Waals surface area contributed by atoms with Crippen LogP contribution in [0.25, 0.3) is 0 Å². The van der Waals surface area contributed by atoms with Gasteiger partial charge in [0.1, 0.15) is 5.82 Å². The van der Waals surface area contributed by atoms with Crippen LogP contribution in [0.3, 0.4) is 0 Å². The van der Waals surface area contributed by atoms with E-state index in [2.05, 4.69) is 10.4 Å². The fourth-order valence-corrected chi connectivity index (χ4v) is 4.27. The summed E-state index contributed by atoms with van der Waals surface area (Å²) in [5.41, 5.74) is 1.27. The fraction of sp³-hybridized carbons (Fsp3) is 0.333. The van der Waals surface area contributed by atoms with Crippen molar-refractivity contribution in [1.29, 1.82) is 0 Å². The molecule has 3 rings (SSSR count). The molecule has 1 N–H and O–H groups in total. The molecular weight excluding hydrogens is 335 g/mol. The third kappa shape index (κ3) is 2.80. The Kier molecular flexibility index (Phi) is 4.14. The van der Waals surface area contributed by atoms with Crippen LogP contribution in [0.4, 0.5) is 4.39 Å². The van der Waals surface area contributed by atoms with Gasteiger partial charge in [-0.15, -0.1) is 0 Å². The summed E-state index contributed by atoms with van der Waals surface area (Å²) < 4.78 is 41.5. The number of aryl methyl sites for hydroxylation is 1. The highest BCUT2D eigenvalue weighted by molar-refractivity contribution is 7.89. The van der Waals surface area contributed by atoms with Crippen molar-refractivity contribution >= 4 is 15.9 Å². The van der Waals surface area contributed by atoms with Gasteiger partial charge in [0.15, 0.2) is 0 Å². The van der Waals surface area contributed by atoms with Gasteiger partial charge in [0.2, 0.25) is 15.9 Å². The van der Waals surface area contributed by atoms with Crippen LogP contribution >= 0.6 is 0 Å². The minimum atomic E-state index is -3.84. The number of sulfonamides is 1. The highest BCUT2D eigenvalue weighted by Gasteiger charge is 2.38. The van der Waals surface area contributed by atoms with Crippen molar-refractivity contribution in [3.05, 3.63) is 47.5 Å². The molecule has 1 aromatic carbocycles.